The first-order chi connectivity index (χ1) is 5.38. The second kappa shape index (κ2) is 2.16. The van der Waals surface area contributed by atoms with Gasteiger partial charge in [-0.15, -0.1) is 0 Å². The first kappa shape index (κ1) is 6.03. The zero-order valence-electron chi connectivity index (χ0n) is 5.52. The third kappa shape index (κ3) is 0.881. The van der Waals surface area contributed by atoms with Crippen molar-refractivity contribution in [2.75, 3.05) is 0 Å². The Kier molecular flexibility index (Phi) is 1.18. The fraction of sp³-hybridized carbons (Fsp3) is 0. The third-order valence-electron chi connectivity index (χ3n) is 1.34. The summed E-state index contributed by atoms with van der Waals surface area (Å²) in [6, 6.07) is 1.34. The third-order valence-corrected chi connectivity index (χ3v) is 1.34. The summed E-state index contributed by atoms with van der Waals surface area (Å²) in [5.74, 6) is 0. The van der Waals surface area contributed by atoms with E-state index in [0.29, 0.717) is 11.1 Å². The molecule has 0 aliphatic carbocycles. The maximum atomic E-state index is 11.0. The van der Waals surface area contributed by atoms with Gasteiger partial charge in [0, 0.05) is 12.3 Å². The average Bonchev–Trinajstić information content (AvgIpc) is 2.06. The van der Waals surface area contributed by atoms with E-state index in [1.807, 2.05) is 0 Å². The molecule has 0 saturated heterocycles. The molecule has 0 atom stereocenters. The summed E-state index contributed by atoms with van der Waals surface area (Å²) in [5.41, 5.74) is 0.208. The van der Waals surface area contributed by atoms with Gasteiger partial charge in [0.1, 0.15) is 11.7 Å². The second-order valence-electron chi connectivity index (χ2n) is 2.03. The van der Waals surface area contributed by atoms with E-state index < -0.39 is 0 Å². The molecule has 11 heavy (non-hydrogen) atoms. The summed E-state index contributed by atoms with van der Waals surface area (Å²) in [6.07, 6.45) is 4.09. The van der Waals surface area contributed by atoms with Crippen LogP contribution in [0.1, 0.15) is 0 Å². The van der Waals surface area contributed by atoms with Gasteiger partial charge in [0.05, 0.1) is 6.26 Å². The van der Waals surface area contributed by atoms with Crippen molar-refractivity contribution < 1.29 is 4.42 Å². The lowest BCUT2D eigenvalue weighted by atomic mass is 10.3. The molecule has 0 amide bonds. The molecule has 2 aromatic heterocycles. The monoisotopic (exact) mass is 148 g/mol. The van der Waals surface area contributed by atoms with Gasteiger partial charge in [-0.3, -0.25) is 4.79 Å². The van der Waals surface area contributed by atoms with Gasteiger partial charge >= 0.3 is 0 Å². The highest BCUT2D eigenvalue weighted by molar-refractivity contribution is 5.70. The van der Waals surface area contributed by atoms with E-state index in [4.69, 9.17) is 4.42 Å². The van der Waals surface area contributed by atoms with E-state index in [1.54, 1.807) is 0 Å². The second-order valence-corrected chi connectivity index (χ2v) is 2.03. The topological polar surface area (TPSA) is 56.0 Å². The highest BCUT2D eigenvalue weighted by Crippen LogP contribution is 2.01. The fourth-order valence-electron chi connectivity index (χ4n) is 0.831. The van der Waals surface area contributed by atoms with Crippen molar-refractivity contribution >= 4 is 11.1 Å². The number of hydrogen-bond donors (Lipinski definition) is 0. The minimum Gasteiger partial charge on any atom is -0.446 e. The Morgan fingerprint density at radius 1 is 1.45 bits per heavy atom. The molecular weight excluding hydrogens is 144 g/mol. The van der Waals surface area contributed by atoms with Crippen LogP contribution in [0.15, 0.2) is 34.1 Å². The Labute approximate surface area is 61.5 Å². The first-order valence-corrected chi connectivity index (χ1v) is 3.05. The number of rotatable bonds is 0. The highest BCUT2D eigenvalue weighted by atomic mass is 16.3. The molecule has 0 bridgehead atoms. The molecule has 0 aliphatic rings. The minimum atomic E-state index is -0.119. The maximum absolute atomic E-state index is 11.0. The lowest BCUT2D eigenvalue weighted by Gasteiger charge is -1.89. The zero-order chi connectivity index (χ0) is 7.68. The van der Waals surface area contributed by atoms with Crippen molar-refractivity contribution in [3.8, 4) is 0 Å². The molecule has 0 unspecified atom stereocenters. The van der Waals surface area contributed by atoms with Crippen LogP contribution in [0.3, 0.4) is 0 Å². The molecule has 0 fully saturated rings. The van der Waals surface area contributed by atoms with Crippen molar-refractivity contribution in [1.29, 1.82) is 0 Å². The highest BCUT2D eigenvalue weighted by Gasteiger charge is 1.97. The molecular formula is C7H4N2O2. The van der Waals surface area contributed by atoms with E-state index in [1.165, 1.54) is 24.9 Å². The van der Waals surface area contributed by atoms with Gasteiger partial charge in [0.25, 0.3) is 0 Å². The van der Waals surface area contributed by atoms with Crippen LogP contribution in [-0.4, -0.2) is 9.97 Å². The van der Waals surface area contributed by atoms with Crippen LogP contribution in [-0.2, 0) is 0 Å². The van der Waals surface area contributed by atoms with Crippen molar-refractivity contribution in [3.63, 3.8) is 0 Å². The Morgan fingerprint density at radius 3 is 3.18 bits per heavy atom. The largest absolute Gasteiger partial charge is 0.446 e. The lowest BCUT2D eigenvalue weighted by molar-refractivity contribution is 0.588. The normalized spacial score (nSPS) is 10.2. The Morgan fingerprint density at radius 2 is 2.36 bits per heavy atom. The molecule has 0 saturated carbocycles. The zero-order valence-corrected chi connectivity index (χ0v) is 5.52. The van der Waals surface area contributed by atoms with Crippen molar-refractivity contribution in [2.24, 2.45) is 0 Å². The van der Waals surface area contributed by atoms with E-state index in [2.05, 4.69) is 9.97 Å². The summed E-state index contributed by atoms with van der Waals surface area (Å²) >= 11 is 0. The van der Waals surface area contributed by atoms with Gasteiger partial charge in [0.2, 0.25) is 5.71 Å². The van der Waals surface area contributed by atoms with Crippen LogP contribution in [0.5, 0.6) is 0 Å². The van der Waals surface area contributed by atoms with Crippen LogP contribution in [0.4, 0.5) is 0 Å². The van der Waals surface area contributed by atoms with Gasteiger partial charge in [-0.1, -0.05) is 0 Å². The smallest absolute Gasteiger partial charge is 0.232 e. The Balaban J connectivity index is 3.03. The summed E-state index contributed by atoms with van der Waals surface area (Å²) in [6.45, 7) is 0. The number of aromatic nitrogens is 2. The van der Waals surface area contributed by atoms with Crippen molar-refractivity contribution in [3.05, 3.63) is 35.1 Å². The minimum absolute atomic E-state index is 0.119. The van der Waals surface area contributed by atoms with Crippen LogP contribution < -0.4 is 5.43 Å². The molecule has 0 radical (unpaired) electrons. The Hall–Kier alpha value is -1.71. The number of hydrogen-bond acceptors (Lipinski definition) is 4. The van der Waals surface area contributed by atoms with Gasteiger partial charge < -0.3 is 4.42 Å². The molecule has 4 heteroatoms. The SMILES string of the molecule is O=c1ccoc2ncncc12. The van der Waals surface area contributed by atoms with E-state index in [9.17, 15) is 4.79 Å². The predicted octanol–water partition coefficient (Wildman–Crippen LogP) is 0.583. The fourth-order valence-corrected chi connectivity index (χ4v) is 0.831. The summed E-state index contributed by atoms with van der Waals surface area (Å²) in [4.78, 5) is 18.5. The van der Waals surface area contributed by atoms with Crippen molar-refractivity contribution in [2.45, 2.75) is 0 Å². The van der Waals surface area contributed by atoms with E-state index >= 15 is 0 Å². The molecule has 2 aromatic rings. The van der Waals surface area contributed by atoms with Gasteiger partial charge in [-0.05, 0) is 0 Å². The molecule has 0 aromatic carbocycles. The first-order valence-electron chi connectivity index (χ1n) is 3.05. The van der Waals surface area contributed by atoms with Crippen LogP contribution in [0, 0.1) is 0 Å². The number of nitrogens with zero attached hydrogens (tertiary/aromatic N) is 2. The quantitative estimate of drug-likeness (QED) is 0.548. The van der Waals surface area contributed by atoms with Crippen molar-refractivity contribution in [1.82, 2.24) is 9.97 Å². The number of fused-ring (bicyclic) bond motifs is 1. The van der Waals surface area contributed by atoms with E-state index in [0.717, 1.165) is 0 Å². The van der Waals surface area contributed by atoms with E-state index in [-0.39, 0.29) is 5.43 Å². The lowest BCUT2D eigenvalue weighted by Crippen LogP contribution is -1.99. The van der Waals surface area contributed by atoms with Gasteiger partial charge in [-0.2, -0.15) is 0 Å². The average molecular weight is 148 g/mol. The van der Waals surface area contributed by atoms with Gasteiger partial charge in [-0.25, -0.2) is 9.97 Å². The molecule has 4 nitrogen and oxygen atoms in total. The van der Waals surface area contributed by atoms with Gasteiger partial charge in [0.15, 0.2) is 5.43 Å². The molecule has 0 aliphatic heterocycles. The predicted molar refractivity (Wildman–Crippen MR) is 38.1 cm³/mol. The van der Waals surface area contributed by atoms with Crippen LogP contribution >= 0.6 is 0 Å². The molecule has 2 rings (SSSR count). The van der Waals surface area contributed by atoms with Crippen LogP contribution in [0.25, 0.3) is 11.1 Å². The Bertz CT molecular complexity index is 430. The van der Waals surface area contributed by atoms with Crippen LogP contribution in [0.2, 0.25) is 0 Å². The molecule has 0 spiro atoms. The summed E-state index contributed by atoms with van der Waals surface area (Å²) in [5, 5.41) is 0.412. The standard InChI is InChI=1S/C7H4N2O2/c10-6-1-2-11-7-5(6)3-8-4-9-7/h1-4H. The molecule has 54 valence electrons. The molecule has 2 heterocycles. The maximum Gasteiger partial charge on any atom is 0.232 e. The summed E-state index contributed by atoms with van der Waals surface area (Å²) in [7, 11) is 0. The molecule has 0 N–H and O–H groups in total. The summed E-state index contributed by atoms with van der Waals surface area (Å²) < 4.78 is 4.94.